The topological polar surface area (TPSA) is 105 Å². The Labute approximate surface area is 163 Å². The van der Waals surface area contributed by atoms with Gasteiger partial charge in [-0.3, -0.25) is 4.98 Å². The molecule has 1 aliphatic carbocycles. The third kappa shape index (κ3) is 3.54. The van der Waals surface area contributed by atoms with Crippen molar-refractivity contribution in [3.05, 3.63) is 53.9 Å². The lowest BCUT2D eigenvalue weighted by Gasteiger charge is -2.11. The number of nitrogens with one attached hydrogen (secondary N) is 1. The van der Waals surface area contributed by atoms with Crippen LogP contribution in [-0.4, -0.2) is 30.7 Å². The number of sulfonamides is 1. The van der Waals surface area contributed by atoms with Crippen LogP contribution in [0.15, 0.2) is 42.7 Å². The average Bonchev–Trinajstić information content (AvgIpc) is 3.57. The molecule has 0 saturated heterocycles. The molecule has 0 bridgehead atoms. The molecule has 3 aromatic rings. The maximum absolute atomic E-state index is 12.0. The number of ether oxygens (including phenoxy) is 1. The van der Waals surface area contributed by atoms with Crippen molar-refractivity contribution in [3.63, 3.8) is 0 Å². The molecule has 0 aliphatic heterocycles. The lowest BCUT2D eigenvalue weighted by Crippen LogP contribution is -2.26. The van der Waals surface area contributed by atoms with E-state index in [1.165, 1.54) is 13.3 Å². The van der Waals surface area contributed by atoms with Gasteiger partial charge in [0.1, 0.15) is 6.07 Å². The highest BCUT2D eigenvalue weighted by Crippen LogP contribution is 2.32. The van der Waals surface area contributed by atoms with Crippen LogP contribution in [0.25, 0.3) is 22.0 Å². The number of nitriles is 1. The van der Waals surface area contributed by atoms with Crippen LogP contribution in [0.5, 0.6) is 5.88 Å². The zero-order valence-electron chi connectivity index (χ0n) is 15.2. The third-order valence-corrected chi connectivity index (χ3v) is 6.64. The number of methoxy groups -OCH3 is 1. The second-order valence-corrected chi connectivity index (χ2v) is 8.71. The Balaban J connectivity index is 1.68. The standard InChI is InChI=1S/C20H18N4O3S/c1-27-19-8-17-18(12-23-19)22-11-15(9-21)20(17)14-4-2-13(3-5-14)10-24-28(25,26)16-6-7-16/h2-5,8,11-12,16,24H,6-7,10H2,1H3. The molecular formula is C20H18N4O3S. The second-order valence-electron chi connectivity index (χ2n) is 6.66. The average molecular weight is 394 g/mol. The van der Waals surface area contributed by atoms with E-state index in [0.717, 1.165) is 34.9 Å². The van der Waals surface area contributed by atoms with Gasteiger partial charge in [-0.05, 0) is 24.0 Å². The number of pyridine rings is 2. The van der Waals surface area contributed by atoms with Crippen LogP contribution < -0.4 is 9.46 Å². The Morgan fingerprint density at radius 2 is 1.96 bits per heavy atom. The van der Waals surface area contributed by atoms with Crippen LogP contribution in [-0.2, 0) is 16.6 Å². The first-order valence-electron chi connectivity index (χ1n) is 8.82. The van der Waals surface area contributed by atoms with Gasteiger partial charge in [-0.1, -0.05) is 24.3 Å². The Kier molecular flexibility index (Phi) is 4.71. The molecule has 0 radical (unpaired) electrons. The summed E-state index contributed by atoms with van der Waals surface area (Å²) >= 11 is 0. The van der Waals surface area contributed by atoms with E-state index < -0.39 is 10.0 Å². The van der Waals surface area contributed by atoms with Gasteiger partial charge in [0, 0.05) is 29.8 Å². The van der Waals surface area contributed by atoms with Crippen molar-refractivity contribution in [2.75, 3.05) is 7.11 Å². The summed E-state index contributed by atoms with van der Waals surface area (Å²) in [7, 11) is -1.68. The summed E-state index contributed by atoms with van der Waals surface area (Å²) in [6, 6.07) is 11.4. The molecule has 0 atom stereocenters. The zero-order chi connectivity index (χ0) is 19.7. The minimum absolute atomic E-state index is 0.239. The minimum atomic E-state index is -3.22. The highest BCUT2D eigenvalue weighted by Gasteiger charge is 2.35. The maximum atomic E-state index is 12.0. The molecule has 2 heterocycles. The number of fused-ring (bicyclic) bond motifs is 1. The Morgan fingerprint density at radius 3 is 2.61 bits per heavy atom. The van der Waals surface area contributed by atoms with Crippen molar-refractivity contribution >= 4 is 20.9 Å². The maximum Gasteiger partial charge on any atom is 0.214 e. The van der Waals surface area contributed by atoms with Gasteiger partial charge in [0.05, 0.1) is 29.6 Å². The van der Waals surface area contributed by atoms with E-state index in [2.05, 4.69) is 20.8 Å². The van der Waals surface area contributed by atoms with Crippen molar-refractivity contribution < 1.29 is 13.2 Å². The number of rotatable bonds is 6. The molecular weight excluding hydrogens is 376 g/mol. The molecule has 0 spiro atoms. The summed E-state index contributed by atoms with van der Waals surface area (Å²) in [6.07, 6.45) is 4.61. The summed E-state index contributed by atoms with van der Waals surface area (Å²) in [4.78, 5) is 8.46. The molecule has 1 fully saturated rings. The lowest BCUT2D eigenvalue weighted by molar-refractivity contribution is 0.398. The first-order chi connectivity index (χ1) is 13.5. The van der Waals surface area contributed by atoms with Crippen LogP contribution >= 0.6 is 0 Å². The Hall–Kier alpha value is -3.02. The molecule has 1 aliphatic rings. The monoisotopic (exact) mass is 394 g/mol. The van der Waals surface area contributed by atoms with Crippen LogP contribution in [0.1, 0.15) is 24.0 Å². The number of hydrogen-bond donors (Lipinski definition) is 1. The van der Waals surface area contributed by atoms with Crippen LogP contribution in [0.4, 0.5) is 0 Å². The van der Waals surface area contributed by atoms with Gasteiger partial charge in [0.25, 0.3) is 0 Å². The van der Waals surface area contributed by atoms with E-state index in [4.69, 9.17) is 4.74 Å². The number of nitrogens with zero attached hydrogens (tertiary/aromatic N) is 3. The smallest absolute Gasteiger partial charge is 0.214 e. The minimum Gasteiger partial charge on any atom is -0.481 e. The first-order valence-corrected chi connectivity index (χ1v) is 10.4. The molecule has 1 N–H and O–H groups in total. The number of aromatic nitrogens is 2. The van der Waals surface area contributed by atoms with Crippen molar-refractivity contribution in [1.29, 1.82) is 5.26 Å². The van der Waals surface area contributed by atoms with Crippen molar-refractivity contribution in [2.45, 2.75) is 24.6 Å². The molecule has 142 valence electrons. The predicted molar refractivity (Wildman–Crippen MR) is 105 cm³/mol. The molecule has 2 aromatic heterocycles. The van der Waals surface area contributed by atoms with Gasteiger partial charge in [0.15, 0.2) is 0 Å². The van der Waals surface area contributed by atoms with Gasteiger partial charge in [-0.15, -0.1) is 0 Å². The van der Waals surface area contributed by atoms with E-state index in [9.17, 15) is 13.7 Å². The quantitative estimate of drug-likeness (QED) is 0.689. The normalized spacial score (nSPS) is 14.0. The van der Waals surface area contributed by atoms with Crippen LogP contribution in [0, 0.1) is 11.3 Å². The lowest BCUT2D eigenvalue weighted by atomic mass is 9.97. The van der Waals surface area contributed by atoms with E-state index in [-0.39, 0.29) is 11.8 Å². The van der Waals surface area contributed by atoms with Gasteiger partial charge >= 0.3 is 0 Å². The summed E-state index contributed by atoms with van der Waals surface area (Å²) < 4.78 is 31.8. The SMILES string of the molecule is COc1cc2c(-c3ccc(CNS(=O)(=O)C4CC4)cc3)c(C#N)cnc2cn1. The van der Waals surface area contributed by atoms with E-state index in [0.29, 0.717) is 17.0 Å². The van der Waals surface area contributed by atoms with Gasteiger partial charge < -0.3 is 4.74 Å². The molecule has 1 aromatic carbocycles. The van der Waals surface area contributed by atoms with Crippen LogP contribution in [0.3, 0.4) is 0 Å². The zero-order valence-corrected chi connectivity index (χ0v) is 16.0. The second kappa shape index (κ2) is 7.19. The molecule has 7 nitrogen and oxygen atoms in total. The van der Waals surface area contributed by atoms with Gasteiger partial charge in [0.2, 0.25) is 15.9 Å². The fourth-order valence-electron chi connectivity index (χ4n) is 3.05. The predicted octanol–water partition coefficient (Wildman–Crippen LogP) is 2.76. The highest BCUT2D eigenvalue weighted by molar-refractivity contribution is 7.90. The summed E-state index contributed by atoms with van der Waals surface area (Å²) in [5.41, 5.74) is 3.55. The molecule has 0 unspecified atom stereocenters. The van der Waals surface area contributed by atoms with Crippen molar-refractivity contribution in [2.24, 2.45) is 0 Å². The van der Waals surface area contributed by atoms with Gasteiger partial charge in [-0.25, -0.2) is 18.1 Å². The Morgan fingerprint density at radius 1 is 1.21 bits per heavy atom. The Bertz CT molecular complexity index is 1180. The van der Waals surface area contributed by atoms with Crippen molar-refractivity contribution in [3.8, 4) is 23.1 Å². The molecule has 8 heteroatoms. The molecule has 0 amide bonds. The largest absolute Gasteiger partial charge is 0.481 e. The van der Waals surface area contributed by atoms with Crippen LogP contribution in [0.2, 0.25) is 0 Å². The molecule has 4 rings (SSSR count). The highest BCUT2D eigenvalue weighted by atomic mass is 32.2. The van der Waals surface area contributed by atoms with E-state index in [1.807, 2.05) is 24.3 Å². The van der Waals surface area contributed by atoms with Crippen molar-refractivity contribution in [1.82, 2.24) is 14.7 Å². The third-order valence-electron chi connectivity index (χ3n) is 4.74. The summed E-state index contributed by atoms with van der Waals surface area (Å²) in [5, 5.41) is 10.1. The molecule has 28 heavy (non-hydrogen) atoms. The number of benzene rings is 1. The fraction of sp³-hybridized carbons (Fsp3) is 0.250. The summed E-state index contributed by atoms with van der Waals surface area (Å²) in [6.45, 7) is 0.249. The summed E-state index contributed by atoms with van der Waals surface area (Å²) in [5.74, 6) is 0.441. The van der Waals surface area contributed by atoms with Gasteiger partial charge in [-0.2, -0.15) is 5.26 Å². The van der Waals surface area contributed by atoms with E-state index in [1.54, 1.807) is 12.3 Å². The fourth-order valence-corrected chi connectivity index (χ4v) is 4.41. The first kappa shape index (κ1) is 18.3. The molecule has 1 saturated carbocycles. The number of hydrogen-bond acceptors (Lipinski definition) is 6. The van der Waals surface area contributed by atoms with E-state index >= 15 is 0 Å².